The number of anilines is 1. The number of nitrogens with zero attached hydrogens (tertiary/aromatic N) is 2. The Kier molecular flexibility index (Phi) is 13.4. The van der Waals surface area contributed by atoms with Crippen LogP contribution in [0.5, 0.6) is 0 Å². The van der Waals surface area contributed by atoms with Gasteiger partial charge in [-0.05, 0) is 0 Å². The van der Waals surface area contributed by atoms with Crippen molar-refractivity contribution in [2.75, 3.05) is 25.6 Å². The van der Waals surface area contributed by atoms with Crippen molar-refractivity contribution >= 4 is 61.0 Å². The molecule has 1 amide bonds. The van der Waals surface area contributed by atoms with Gasteiger partial charge in [0.2, 0.25) is 0 Å². The Morgan fingerprint density at radius 2 is 1.28 bits per heavy atom. The van der Waals surface area contributed by atoms with Gasteiger partial charge in [-0.25, -0.2) is 0 Å². The Labute approximate surface area is 339 Å². The summed E-state index contributed by atoms with van der Waals surface area (Å²) in [7, 11) is -2.32. The quantitative estimate of drug-likeness (QED) is 0.0314. The van der Waals surface area contributed by atoms with Crippen LogP contribution in [0, 0.1) is 11.8 Å². The van der Waals surface area contributed by atoms with Crippen LogP contribution in [0.25, 0.3) is 0 Å². The third-order valence-corrected chi connectivity index (χ3v) is 21.3. The molecule has 4 aromatic rings. The first-order valence-electron chi connectivity index (χ1n) is 19.4. The maximum absolute atomic E-state index is 15.2. The molecule has 5 atom stereocenters. The average molecular weight is 809 g/mol. The topological polar surface area (TPSA) is 102 Å². The Balaban J connectivity index is 1.71. The van der Waals surface area contributed by atoms with E-state index in [4.69, 9.17) is 13.9 Å². The molecule has 0 spiro atoms. The molecule has 2 unspecified atom stereocenters. The van der Waals surface area contributed by atoms with E-state index in [1.165, 1.54) is 6.08 Å². The van der Waals surface area contributed by atoms with Gasteiger partial charge in [-0.15, -0.1) is 0 Å². The van der Waals surface area contributed by atoms with Crippen LogP contribution in [0.15, 0.2) is 128 Å². The van der Waals surface area contributed by atoms with Crippen LogP contribution in [-0.2, 0) is 28.3 Å². The van der Waals surface area contributed by atoms with Crippen molar-refractivity contribution in [2.24, 2.45) is 11.8 Å². The summed E-state index contributed by atoms with van der Waals surface area (Å²) in [6.45, 7) is 17.8. The Morgan fingerprint density at radius 3 is 1.70 bits per heavy atom. The SMILES string of the molecule is C=CCOC(=O)C(N1C(=O)[C@H](C(C)O[Si](C)(C)C(C)(C)C)[C@H]1[C@@H](C)C(=O)OC(=O)c1ccc(N(C)C)cc1)[PH](c1ccccc1)(c1ccccc1)c1ccccc1. The molecule has 1 saturated heterocycles. The molecular weight excluding hydrogens is 752 g/mol. The van der Waals surface area contributed by atoms with Crippen molar-refractivity contribution < 1.29 is 33.1 Å². The zero-order valence-corrected chi connectivity index (χ0v) is 36.6. The van der Waals surface area contributed by atoms with E-state index in [1.807, 2.05) is 117 Å². The van der Waals surface area contributed by atoms with Gasteiger partial charge in [0.15, 0.2) is 0 Å². The molecule has 57 heavy (non-hydrogen) atoms. The second kappa shape index (κ2) is 17.7. The number of amides is 1. The number of rotatable bonds is 15. The van der Waals surface area contributed by atoms with Crippen molar-refractivity contribution in [1.29, 1.82) is 0 Å². The number of carbonyl (C=O) groups is 4. The molecule has 0 saturated carbocycles. The first-order valence-corrected chi connectivity index (χ1v) is 24.4. The van der Waals surface area contributed by atoms with Crippen LogP contribution in [0.1, 0.15) is 45.0 Å². The fourth-order valence-electron chi connectivity index (χ4n) is 7.67. The van der Waals surface area contributed by atoms with E-state index in [0.29, 0.717) is 0 Å². The van der Waals surface area contributed by atoms with E-state index in [-0.39, 0.29) is 23.1 Å². The van der Waals surface area contributed by atoms with Crippen LogP contribution in [-0.4, -0.2) is 75.7 Å². The minimum absolute atomic E-state index is 0.0854. The first-order chi connectivity index (χ1) is 27.0. The molecule has 1 heterocycles. The molecule has 4 aromatic carbocycles. The molecular formula is C46H57N2O7PSi. The summed E-state index contributed by atoms with van der Waals surface area (Å²) >= 11 is 0. The van der Waals surface area contributed by atoms with E-state index in [1.54, 1.807) is 36.1 Å². The number of hydrogen-bond donors (Lipinski definition) is 0. The Hall–Kier alpha value is -4.89. The average Bonchev–Trinajstić information content (AvgIpc) is 3.19. The van der Waals surface area contributed by atoms with E-state index in [0.717, 1.165) is 21.6 Å². The van der Waals surface area contributed by atoms with Crippen LogP contribution >= 0.6 is 7.26 Å². The first kappa shape index (κ1) is 43.2. The van der Waals surface area contributed by atoms with Gasteiger partial charge < -0.3 is 0 Å². The number of carbonyl (C=O) groups excluding carboxylic acids is 4. The van der Waals surface area contributed by atoms with Gasteiger partial charge in [0.25, 0.3) is 0 Å². The number of esters is 3. The number of benzene rings is 4. The van der Waals surface area contributed by atoms with E-state index in [2.05, 4.69) is 40.4 Å². The number of β-lactam (4-membered cyclic amide) rings is 1. The van der Waals surface area contributed by atoms with Gasteiger partial charge in [-0.2, -0.15) is 0 Å². The summed E-state index contributed by atoms with van der Waals surface area (Å²) in [6, 6.07) is 35.2. The van der Waals surface area contributed by atoms with Crippen molar-refractivity contribution in [3.05, 3.63) is 133 Å². The molecule has 1 aliphatic heterocycles. The second-order valence-electron chi connectivity index (χ2n) is 16.5. The molecule has 302 valence electrons. The molecule has 1 aliphatic rings. The van der Waals surface area contributed by atoms with Gasteiger partial charge in [-0.1, -0.05) is 0 Å². The van der Waals surface area contributed by atoms with Crippen molar-refractivity contribution in [2.45, 2.75) is 70.7 Å². The Bertz CT molecular complexity index is 1940. The fourth-order valence-corrected chi connectivity index (χ4v) is 14.4. The Morgan fingerprint density at radius 1 is 0.807 bits per heavy atom. The van der Waals surface area contributed by atoms with Crippen LogP contribution in [0.3, 0.4) is 0 Å². The summed E-state index contributed by atoms with van der Waals surface area (Å²) < 4.78 is 18.4. The molecule has 0 N–H and O–H groups in total. The molecule has 0 radical (unpaired) electrons. The molecule has 11 heteroatoms. The second-order valence-corrected chi connectivity index (χ2v) is 25.2. The van der Waals surface area contributed by atoms with Crippen molar-refractivity contribution in [3.63, 3.8) is 0 Å². The minimum atomic E-state index is -3.66. The molecule has 1 fully saturated rings. The van der Waals surface area contributed by atoms with Crippen molar-refractivity contribution in [1.82, 2.24) is 4.90 Å². The number of ether oxygens (including phenoxy) is 2. The van der Waals surface area contributed by atoms with Gasteiger partial charge in [-0.3, -0.25) is 0 Å². The summed E-state index contributed by atoms with van der Waals surface area (Å²) in [4.78, 5) is 61.4. The predicted octanol–water partition coefficient (Wildman–Crippen LogP) is 7.09. The summed E-state index contributed by atoms with van der Waals surface area (Å²) in [5, 5.41) is 2.44. The van der Waals surface area contributed by atoms with E-state index < -0.39 is 63.3 Å². The zero-order chi connectivity index (χ0) is 41.7. The van der Waals surface area contributed by atoms with Gasteiger partial charge >= 0.3 is 326 Å². The third kappa shape index (κ3) is 8.69. The van der Waals surface area contributed by atoms with E-state index >= 15 is 9.59 Å². The number of hydrogen-bond acceptors (Lipinski definition) is 8. The number of likely N-dealkylation sites (tertiary alicyclic amines) is 1. The molecule has 5 rings (SSSR count). The monoisotopic (exact) mass is 808 g/mol. The van der Waals surface area contributed by atoms with Gasteiger partial charge in [0.1, 0.15) is 0 Å². The van der Waals surface area contributed by atoms with Crippen molar-refractivity contribution in [3.8, 4) is 0 Å². The maximum atomic E-state index is 15.2. The molecule has 9 nitrogen and oxygen atoms in total. The van der Waals surface area contributed by atoms with Gasteiger partial charge in [0.05, 0.1) is 0 Å². The normalized spacial score (nSPS) is 17.7. The summed E-state index contributed by atoms with van der Waals surface area (Å²) in [5.74, 6) is -5.65. The van der Waals surface area contributed by atoms with Crippen LogP contribution < -0.4 is 20.8 Å². The van der Waals surface area contributed by atoms with Crippen LogP contribution in [0.2, 0.25) is 18.1 Å². The molecule has 0 aromatic heterocycles. The molecule has 0 aliphatic carbocycles. The van der Waals surface area contributed by atoms with Crippen LogP contribution in [0.4, 0.5) is 5.69 Å². The summed E-state index contributed by atoms with van der Waals surface area (Å²) in [6.07, 6.45) is 0.866. The fraction of sp³-hybridized carbons (Fsp3) is 0.348. The van der Waals surface area contributed by atoms with E-state index in [9.17, 15) is 9.59 Å². The van der Waals surface area contributed by atoms with Gasteiger partial charge in [0, 0.05) is 14.1 Å². The standard InChI is InChI=1S/C46H57N2O7PSi/c1-11-31-53-45(52)42(56(36-21-15-12-16-22-36,37-23-17-13-18-24-37)38-25-19-14-20-26-38)48-40(39(41(48)49)33(3)55-57(9,10)46(4,5)6)32(2)43(50)54-44(51)34-27-29-35(30-28-34)47(7)8/h11-30,32-33,39-40,42,56H,1,31H2,2-10H3/t32-,33?,39-,40-,42?/m1/s1. The zero-order valence-electron chi connectivity index (χ0n) is 34.6. The predicted molar refractivity (Wildman–Crippen MR) is 234 cm³/mol. The third-order valence-electron chi connectivity index (χ3n) is 11.7. The molecule has 0 bridgehead atoms. The summed E-state index contributed by atoms with van der Waals surface area (Å²) in [5.41, 5.74) is 1.09.